The average Bonchev–Trinajstić information content (AvgIpc) is 2.60. The molecule has 7 heteroatoms. The van der Waals surface area contributed by atoms with Gasteiger partial charge in [-0.1, -0.05) is 49.7 Å². The first-order valence-corrected chi connectivity index (χ1v) is 10.5. The van der Waals surface area contributed by atoms with E-state index in [9.17, 15) is 0 Å². The number of aryl methyl sites for hydroxylation is 1. The van der Waals surface area contributed by atoms with E-state index in [4.69, 9.17) is 28.0 Å². The second-order valence-electron chi connectivity index (χ2n) is 7.39. The Balaban J connectivity index is 0.000000537. The summed E-state index contributed by atoms with van der Waals surface area (Å²) in [5.41, 5.74) is 4.52. The summed E-state index contributed by atoms with van der Waals surface area (Å²) >= 11 is 0. The molecule has 0 saturated carbocycles. The molecule has 1 N–H and O–H groups in total. The molecule has 0 unspecified atom stereocenters. The van der Waals surface area contributed by atoms with E-state index in [1.54, 1.807) is 0 Å². The van der Waals surface area contributed by atoms with Crippen molar-refractivity contribution in [3.8, 4) is 11.3 Å². The van der Waals surface area contributed by atoms with Gasteiger partial charge in [0.2, 0.25) is 0 Å². The van der Waals surface area contributed by atoms with E-state index in [0.29, 0.717) is 5.92 Å². The van der Waals surface area contributed by atoms with Crippen LogP contribution in [0.5, 0.6) is 0 Å². The quantitative estimate of drug-likeness (QED) is 0.694. The second-order valence-corrected chi connectivity index (χ2v) is 8.18. The van der Waals surface area contributed by atoms with Crippen molar-refractivity contribution in [1.82, 2.24) is 0 Å². The normalized spacial score (nSPS) is 12.4. The Kier molecular flexibility index (Phi) is 7.57. The average molecular weight is 420 g/mol. The minimum atomic E-state index is -4.69. The minimum absolute atomic E-state index is 0.243. The SMILES string of the molecule is Cc1ccc2oc(-c3ccc(C(C)C)cc3)cc(=NC(C)C)c2c1.[O-][Cl+3]([O-])([O-])O. The van der Waals surface area contributed by atoms with Gasteiger partial charge < -0.3 is 4.42 Å². The predicted molar refractivity (Wildman–Crippen MR) is 103 cm³/mol. The van der Waals surface area contributed by atoms with Crippen molar-refractivity contribution < 1.29 is 33.3 Å². The molecule has 0 aliphatic rings. The summed E-state index contributed by atoms with van der Waals surface area (Å²) in [5.74, 6) is 1.39. The first kappa shape index (κ1) is 23.1. The molecule has 1 aromatic heterocycles. The van der Waals surface area contributed by atoms with Crippen molar-refractivity contribution >= 4 is 11.0 Å². The predicted octanol–water partition coefficient (Wildman–Crippen LogP) is 1.72. The fraction of sp³-hybridized carbons (Fsp3) is 0.318. The first-order chi connectivity index (χ1) is 13.4. The van der Waals surface area contributed by atoms with Gasteiger partial charge in [0.05, 0.1) is 20.3 Å². The molecule has 0 spiro atoms. The number of hydrogen-bond acceptors (Lipinski definition) is 6. The third-order valence-corrected chi connectivity index (χ3v) is 4.16. The van der Waals surface area contributed by atoms with Crippen molar-refractivity contribution in [3.63, 3.8) is 0 Å². The second kappa shape index (κ2) is 9.52. The van der Waals surface area contributed by atoms with E-state index in [0.717, 1.165) is 27.7 Å². The summed E-state index contributed by atoms with van der Waals surface area (Å²) in [6.07, 6.45) is 0. The fourth-order valence-electron chi connectivity index (χ4n) is 2.84. The zero-order valence-corrected chi connectivity index (χ0v) is 17.9. The lowest BCUT2D eigenvalue weighted by Gasteiger charge is -2.09. The molecule has 0 aliphatic heterocycles. The van der Waals surface area contributed by atoms with Crippen LogP contribution in [0.4, 0.5) is 0 Å². The zero-order chi connectivity index (χ0) is 21.8. The molecule has 0 saturated heterocycles. The number of hydrogen-bond donors (Lipinski definition) is 1. The van der Waals surface area contributed by atoms with Crippen LogP contribution in [0.1, 0.15) is 44.7 Å². The van der Waals surface area contributed by atoms with Gasteiger partial charge in [-0.15, -0.1) is 0 Å². The van der Waals surface area contributed by atoms with Crippen molar-refractivity contribution in [1.29, 1.82) is 0 Å². The molecule has 0 radical (unpaired) electrons. The third-order valence-electron chi connectivity index (χ3n) is 4.16. The number of halogens is 1. The van der Waals surface area contributed by atoms with Gasteiger partial charge in [0.15, 0.2) is 0 Å². The van der Waals surface area contributed by atoms with Gasteiger partial charge >= 0.3 is 0 Å². The molecule has 0 bridgehead atoms. The summed E-state index contributed by atoms with van der Waals surface area (Å²) in [7, 11) is -4.69. The maximum absolute atomic E-state index is 8.60. The topological polar surface area (TPSA) is 115 Å². The van der Waals surface area contributed by atoms with E-state index in [1.807, 2.05) is 6.07 Å². The Morgan fingerprint density at radius 1 is 0.931 bits per heavy atom. The maximum atomic E-state index is 8.60. The summed E-state index contributed by atoms with van der Waals surface area (Å²) in [4.78, 5) is 4.80. The van der Waals surface area contributed by atoms with Gasteiger partial charge in [-0.3, -0.25) is 4.99 Å². The molecular weight excluding hydrogens is 394 g/mol. The van der Waals surface area contributed by atoms with Crippen molar-refractivity contribution in [2.45, 2.75) is 46.6 Å². The summed E-state index contributed by atoms with van der Waals surface area (Å²) in [5, 5.41) is 2.07. The van der Waals surface area contributed by atoms with Crippen LogP contribution in [0.2, 0.25) is 0 Å². The van der Waals surface area contributed by atoms with Gasteiger partial charge in [-0.2, -0.15) is 14.0 Å². The third kappa shape index (κ3) is 7.27. The molecule has 2 aromatic carbocycles. The van der Waals surface area contributed by atoms with Crippen LogP contribution in [0.25, 0.3) is 22.3 Å². The molecule has 29 heavy (non-hydrogen) atoms. The van der Waals surface area contributed by atoms with E-state index in [1.165, 1.54) is 11.1 Å². The molecule has 0 aliphatic carbocycles. The highest BCUT2D eigenvalue weighted by atomic mass is 35.7. The minimum Gasteiger partial charge on any atom is -0.456 e. The van der Waals surface area contributed by atoms with E-state index in [2.05, 4.69) is 77.1 Å². The molecule has 6 nitrogen and oxygen atoms in total. The Morgan fingerprint density at radius 2 is 1.52 bits per heavy atom. The van der Waals surface area contributed by atoms with Gasteiger partial charge in [0, 0.05) is 23.1 Å². The number of nitrogens with zero attached hydrogens (tertiary/aromatic N) is 1. The Morgan fingerprint density at radius 3 is 2.03 bits per heavy atom. The maximum Gasteiger partial charge on any atom is 0.136 e. The number of benzene rings is 2. The Labute approximate surface area is 172 Å². The highest BCUT2D eigenvalue weighted by molar-refractivity contribution is 5.79. The van der Waals surface area contributed by atoms with Crippen LogP contribution in [0, 0.1) is 17.2 Å². The highest BCUT2D eigenvalue weighted by Gasteiger charge is 2.08. The van der Waals surface area contributed by atoms with Gasteiger partial charge in [-0.25, -0.2) is 0 Å². The fourth-order valence-corrected chi connectivity index (χ4v) is 2.84. The van der Waals surface area contributed by atoms with Crippen LogP contribution in [0.15, 0.2) is 57.9 Å². The molecule has 0 fully saturated rings. The lowest BCUT2D eigenvalue weighted by molar-refractivity contribution is -1.92. The Bertz CT molecular complexity index is 1010. The largest absolute Gasteiger partial charge is 0.456 e. The number of rotatable bonds is 3. The molecule has 3 rings (SSSR count). The summed E-state index contributed by atoms with van der Waals surface area (Å²) in [6.45, 7) is 10.7. The molecular formula is C22H26ClNO5. The lowest BCUT2D eigenvalue weighted by Crippen LogP contribution is -2.58. The van der Waals surface area contributed by atoms with Gasteiger partial charge in [0.25, 0.3) is 0 Å². The zero-order valence-electron chi connectivity index (χ0n) is 17.2. The smallest absolute Gasteiger partial charge is 0.136 e. The summed E-state index contributed by atoms with van der Waals surface area (Å²) in [6, 6.07) is 17.2. The van der Waals surface area contributed by atoms with Crippen molar-refractivity contribution in [3.05, 3.63) is 65.0 Å². The first-order valence-electron chi connectivity index (χ1n) is 9.26. The van der Waals surface area contributed by atoms with Crippen LogP contribution in [-0.4, -0.2) is 10.7 Å². The highest BCUT2D eigenvalue weighted by Crippen LogP contribution is 2.25. The molecule has 0 amide bonds. The Hall–Kier alpha value is -2.22. The van der Waals surface area contributed by atoms with Crippen molar-refractivity contribution in [2.75, 3.05) is 0 Å². The number of fused-ring (bicyclic) bond motifs is 1. The van der Waals surface area contributed by atoms with E-state index in [-0.39, 0.29) is 6.04 Å². The van der Waals surface area contributed by atoms with Crippen LogP contribution in [0.3, 0.4) is 0 Å². The van der Waals surface area contributed by atoms with Gasteiger partial charge in [0.1, 0.15) is 11.3 Å². The molecule has 0 atom stereocenters. The summed E-state index contributed by atoms with van der Waals surface area (Å²) < 4.78 is 38.9. The van der Waals surface area contributed by atoms with Crippen LogP contribution in [-0.2, 0) is 0 Å². The van der Waals surface area contributed by atoms with Crippen molar-refractivity contribution in [2.24, 2.45) is 4.99 Å². The standard InChI is InChI=1S/C22H25NO.ClHO4/c1-14(2)17-7-9-18(10-8-17)22-13-20(23-15(3)4)19-12-16(5)6-11-21(19)24-22;2-1(3,4)5/h6-15H,1-5H3;(H,2,3,4,5). The van der Waals surface area contributed by atoms with E-state index >= 15 is 0 Å². The van der Waals surface area contributed by atoms with E-state index < -0.39 is 10.2 Å². The van der Waals surface area contributed by atoms with Crippen LogP contribution >= 0.6 is 0 Å². The van der Waals surface area contributed by atoms with Crippen LogP contribution < -0.4 is 19.3 Å². The molecule has 156 valence electrons. The lowest BCUT2D eigenvalue weighted by atomic mass is 10.0. The molecule has 1 heterocycles. The van der Waals surface area contributed by atoms with Gasteiger partial charge in [-0.05, 0) is 44.4 Å². The molecule has 3 aromatic rings. The monoisotopic (exact) mass is 419 g/mol.